The van der Waals surface area contributed by atoms with Crippen LogP contribution in [0.25, 0.3) is 0 Å². The van der Waals surface area contributed by atoms with Crippen molar-refractivity contribution in [3.8, 4) is 0 Å². The number of hydrogen-bond acceptors (Lipinski definition) is 2. The first-order chi connectivity index (χ1) is 8.61. The minimum atomic E-state index is -0.328. The summed E-state index contributed by atoms with van der Waals surface area (Å²) in [7, 11) is 0. The summed E-state index contributed by atoms with van der Waals surface area (Å²) in [6.07, 6.45) is 3.77. The monoisotopic (exact) mass is 358 g/mol. The highest BCUT2D eigenvalue weighted by atomic mass is 127. The molecule has 0 spiro atoms. The summed E-state index contributed by atoms with van der Waals surface area (Å²) < 4.78 is 15.5. The summed E-state index contributed by atoms with van der Waals surface area (Å²) in [5.74, 6) is 0.369. The molecule has 1 aromatic carbocycles. The lowest BCUT2D eigenvalue weighted by molar-refractivity contribution is 0.0989. The van der Waals surface area contributed by atoms with Crippen LogP contribution in [0.2, 0.25) is 0 Å². The molecular formula is C13H12FIN2O. The molecule has 0 N–H and O–H groups in total. The molecule has 1 heterocycles. The Bertz CT molecular complexity index is 580. The van der Waals surface area contributed by atoms with E-state index in [1.165, 1.54) is 18.2 Å². The van der Waals surface area contributed by atoms with Crippen molar-refractivity contribution < 1.29 is 9.18 Å². The van der Waals surface area contributed by atoms with Crippen molar-refractivity contribution in [1.82, 2.24) is 9.55 Å². The molecule has 3 nitrogen and oxygen atoms in total. The molecule has 0 fully saturated rings. The topological polar surface area (TPSA) is 34.9 Å². The molecule has 2 rings (SSSR count). The standard InChI is InChI=1S/C13H12FIN2O/c1-2-17-6-5-16-13(17)8-12(18)10-4-3-9(14)7-11(10)15/h3-7H,2,8H2,1H3. The number of halogens is 2. The smallest absolute Gasteiger partial charge is 0.171 e. The first-order valence-electron chi connectivity index (χ1n) is 5.60. The van der Waals surface area contributed by atoms with E-state index in [2.05, 4.69) is 4.98 Å². The number of ketones is 1. The lowest BCUT2D eigenvalue weighted by Crippen LogP contribution is -2.11. The van der Waals surface area contributed by atoms with Crippen LogP contribution in [0.15, 0.2) is 30.6 Å². The second-order valence-corrected chi connectivity index (χ2v) is 5.02. The molecule has 0 aliphatic heterocycles. The van der Waals surface area contributed by atoms with Gasteiger partial charge < -0.3 is 4.57 Å². The zero-order valence-electron chi connectivity index (χ0n) is 9.86. The van der Waals surface area contributed by atoms with Gasteiger partial charge in [-0.2, -0.15) is 0 Å². The van der Waals surface area contributed by atoms with E-state index < -0.39 is 0 Å². The van der Waals surface area contributed by atoms with E-state index in [-0.39, 0.29) is 18.0 Å². The number of aromatic nitrogens is 2. The number of nitrogens with zero attached hydrogens (tertiary/aromatic N) is 2. The average Bonchev–Trinajstić information content (AvgIpc) is 2.76. The fraction of sp³-hybridized carbons (Fsp3) is 0.231. The number of benzene rings is 1. The maximum absolute atomic E-state index is 13.0. The zero-order valence-corrected chi connectivity index (χ0v) is 12.0. The number of imidazole rings is 1. The highest BCUT2D eigenvalue weighted by Gasteiger charge is 2.14. The maximum Gasteiger partial charge on any atom is 0.171 e. The van der Waals surface area contributed by atoms with E-state index in [0.29, 0.717) is 9.13 Å². The van der Waals surface area contributed by atoms with Crippen LogP contribution >= 0.6 is 22.6 Å². The Kier molecular flexibility index (Phi) is 4.11. The molecule has 0 aliphatic carbocycles. The van der Waals surface area contributed by atoms with E-state index in [1.54, 1.807) is 6.20 Å². The number of aryl methyl sites for hydroxylation is 1. The van der Waals surface area contributed by atoms with Crippen LogP contribution in [0.4, 0.5) is 4.39 Å². The third-order valence-corrected chi connectivity index (χ3v) is 3.59. The molecule has 2 aromatic rings. The molecule has 0 unspecified atom stereocenters. The summed E-state index contributed by atoms with van der Waals surface area (Å²) in [6.45, 7) is 2.78. The first kappa shape index (κ1) is 13.2. The molecule has 0 amide bonds. The number of hydrogen-bond donors (Lipinski definition) is 0. The van der Waals surface area contributed by atoms with Crippen LogP contribution in [0.3, 0.4) is 0 Å². The zero-order chi connectivity index (χ0) is 13.1. The average molecular weight is 358 g/mol. The number of carbonyl (C=O) groups excluding carboxylic acids is 1. The quantitative estimate of drug-likeness (QED) is 0.622. The Balaban J connectivity index is 2.22. The van der Waals surface area contributed by atoms with Gasteiger partial charge in [0.1, 0.15) is 11.6 Å². The highest BCUT2D eigenvalue weighted by molar-refractivity contribution is 14.1. The summed E-state index contributed by atoms with van der Waals surface area (Å²) in [5, 5.41) is 0. The number of carbonyl (C=O) groups is 1. The Morgan fingerprint density at radius 1 is 1.50 bits per heavy atom. The van der Waals surface area contributed by atoms with Crippen molar-refractivity contribution in [3.63, 3.8) is 0 Å². The summed E-state index contributed by atoms with van der Waals surface area (Å²) >= 11 is 1.97. The van der Waals surface area contributed by atoms with Gasteiger partial charge in [-0.3, -0.25) is 4.79 Å². The van der Waals surface area contributed by atoms with Gasteiger partial charge in [0.05, 0.1) is 6.42 Å². The van der Waals surface area contributed by atoms with Gasteiger partial charge in [0.2, 0.25) is 0 Å². The van der Waals surface area contributed by atoms with Gasteiger partial charge in [0.25, 0.3) is 0 Å². The van der Waals surface area contributed by atoms with E-state index in [1.807, 2.05) is 40.3 Å². The predicted molar refractivity (Wildman–Crippen MR) is 75.1 cm³/mol. The van der Waals surface area contributed by atoms with Crippen LogP contribution in [0, 0.1) is 9.39 Å². The van der Waals surface area contributed by atoms with Gasteiger partial charge in [-0.15, -0.1) is 0 Å². The SMILES string of the molecule is CCn1ccnc1CC(=O)c1ccc(F)cc1I. The molecule has 0 atom stereocenters. The molecule has 0 bridgehead atoms. The second kappa shape index (κ2) is 5.60. The van der Waals surface area contributed by atoms with E-state index in [0.717, 1.165) is 12.4 Å². The third kappa shape index (κ3) is 2.77. The van der Waals surface area contributed by atoms with E-state index >= 15 is 0 Å². The molecule has 18 heavy (non-hydrogen) atoms. The fourth-order valence-electron chi connectivity index (χ4n) is 1.75. The lowest BCUT2D eigenvalue weighted by Gasteiger charge is -2.06. The van der Waals surface area contributed by atoms with Crippen LogP contribution in [0.1, 0.15) is 23.1 Å². The van der Waals surface area contributed by atoms with Gasteiger partial charge in [0.15, 0.2) is 5.78 Å². The van der Waals surface area contributed by atoms with Crippen molar-refractivity contribution >= 4 is 28.4 Å². The van der Waals surface area contributed by atoms with Gasteiger partial charge in [-0.1, -0.05) is 0 Å². The molecule has 0 saturated heterocycles. The predicted octanol–water partition coefficient (Wildman–Crippen LogP) is 3.07. The van der Waals surface area contributed by atoms with Gasteiger partial charge in [-0.05, 0) is 47.7 Å². The van der Waals surface area contributed by atoms with Crippen LogP contribution in [-0.2, 0) is 13.0 Å². The van der Waals surface area contributed by atoms with Gasteiger partial charge in [0, 0.05) is 28.1 Å². The summed E-state index contributed by atoms with van der Waals surface area (Å²) in [4.78, 5) is 16.3. The first-order valence-corrected chi connectivity index (χ1v) is 6.68. The molecule has 0 aliphatic rings. The number of rotatable bonds is 4. The van der Waals surface area contributed by atoms with Crippen molar-refractivity contribution in [1.29, 1.82) is 0 Å². The third-order valence-electron chi connectivity index (χ3n) is 2.69. The Labute approximate surface area is 118 Å². The molecule has 0 radical (unpaired) electrons. The van der Waals surface area contributed by atoms with Gasteiger partial charge in [-0.25, -0.2) is 9.37 Å². The van der Waals surface area contributed by atoms with Crippen molar-refractivity contribution in [2.75, 3.05) is 0 Å². The number of Topliss-reactive ketones (excluding diaryl/α,β-unsaturated/α-hetero) is 1. The Morgan fingerprint density at radius 3 is 2.94 bits per heavy atom. The Hall–Kier alpha value is -1.24. The van der Waals surface area contributed by atoms with Crippen molar-refractivity contribution in [3.05, 3.63) is 51.4 Å². The summed E-state index contributed by atoms with van der Waals surface area (Å²) in [6, 6.07) is 4.19. The summed E-state index contributed by atoms with van der Waals surface area (Å²) in [5.41, 5.74) is 0.544. The molecule has 1 aromatic heterocycles. The van der Waals surface area contributed by atoms with Crippen LogP contribution in [0.5, 0.6) is 0 Å². The van der Waals surface area contributed by atoms with Crippen molar-refractivity contribution in [2.45, 2.75) is 19.9 Å². The molecule has 5 heteroatoms. The van der Waals surface area contributed by atoms with Gasteiger partial charge >= 0.3 is 0 Å². The Morgan fingerprint density at radius 2 is 2.28 bits per heavy atom. The second-order valence-electron chi connectivity index (χ2n) is 3.85. The van der Waals surface area contributed by atoms with E-state index in [9.17, 15) is 9.18 Å². The lowest BCUT2D eigenvalue weighted by atomic mass is 10.1. The minimum Gasteiger partial charge on any atom is -0.335 e. The molecule has 94 valence electrons. The highest BCUT2D eigenvalue weighted by Crippen LogP contribution is 2.16. The largest absolute Gasteiger partial charge is 0.335 e. The van der Waals surface area contributed by atoms with Crippen LogP contribution in [-0.4, -0.2) is 15.3 Å². The fourth-order valence-corrected chi connectivity index (χ4v) is 2.53. The maximum atomic E-state index is 13.0. The molecular weight excluding hydrogens is 346 g/mol. The normalized spacial score (nSPS) is 10.6. The minimum absolute atomic E-state index is 0.0414. The van der Waals surface area contributed by atoms with E-state index in [4.69, 9.17) is 0 Å². The molecule has 0 saturated carbocycles. The van der Waals surface area contributed by atoms with Crippen molar-refractivity contribution in [2.24, 2.45) is 0 Å². The van der Waals surface area contributed by atoms with Crippen LogP contribution < -0.4 is 0 Å².